The van der Waals surface area contributed by atoms with Crippen LogP contribution in [-0.2, 0) is 19.1 Å². The van der Waals surface area contributed by atoms with Gasteiger partial charge in [-0.25, -0.2) is 4.79 Å². The number of carbonyl (C=O) groups excluding carboxylic acids is 1. The third kappa shape index (κ3) is 2.01. The number of nitrogens with zero attached hydrogens (tertiary/aromatic N) is 1. The molecule has 1 aliphatic heterocycles. The lowest BCUT2D eigenvalue weighted by atomic mass is 10.2. The van der Waals surface area contributed by atoms with Crippen molar-refractivity contribution in [2.75, 3.05) is 20.0 Å². The largest absolute Gasteiger partial charge is 0.464 e. The first-order valence-corrected chi connectivity index (χ1v) is 5.42. The Morgan fingerprint density at radius 1 is 1.79 bits per heavy atom. The first-order chi connectivity index (χ1) is 6.68. The Morgan fingerprint density at radius 2 is 2.50 bits per heavy atom. The van der Waals surface area contributed by atoms with Crippen LogP contribution in [-0.4, -0.2) is 36.8 Å². The summed E-state index contributed by atoms with van der Waals surface area (Å²) in [6, 6.07) is 0. The molecular formula is C8H13NO4S. The zero-order valence-corrected chi connectivity index (χ0v) is 9.22. The van der Waals surface area contributed by atoms with Crippen LogP contribution in [0.1, 0.15) is 13.3 Å². The molecule has 1 unspecified atom stereocenters. The fraction of sp³-hybridized carbons (Fsp3) is 0.750. The summed E-state index contributed by atoms with van der Waals surface area (Å²) in [6.07, 6.45) is 2.18. The molecule has 0 spiro atoms. The van der Waals surface area contributed by atoms with Gasteiger partial charge in [0.2, 0.25) is 0 Å². The Bertz CT molecular complexity index is 256. The van der Waals surface area contributed by atoms with E-state index in [1.165, 1.54) is 18.9 Å². The number of hydrogen-bond acceptors (Lipinski definition) is 6. The van der Waals surface area contributed by atoms with E-state index in [1.54, 1.807) is 6.92 Å². The van der Waals surface area contributed by atoms with Gasteiger partial charge in [-0.15, -0.1) is 11.8 Å². The number of oxime groups is 1. The van der Waals surface area contributed by atoms with Crippen molar-refractivity contribution in [3.05, 3.63) is 0 Å². The fourth-order valence-electron chi connectivity index (χ4n) is 1.13. The van der Waals surface area contributed by atoms with Crippen LogP contribution in [0.2, 0.25) is 0 Å². The van der Waals surface area contributed by atoms with Crippen molar-refractivity contribution in [1.82, 2.24) is 0 Å². The number of ether oxygens (including phenoxy) is 2. The van der Waals surface area contributed by atoms with Crippen LogP contribution >= 0.6 is 11.8 Å². The maximum absolute atomic E-state index is 11.4. The Hall–Kier alpha value is -0.750. The summed E-state index contributed by atoms with van der Waals surface area (Å²) in [6.45, 7) is 2.15. The van der Waals surface area contributed by atoms with Gasteiger partial charge in [-0.1, -0.05) is 5.16 Å². The SMILES string of the molecule is CCOC1(C(=O)OC)CC(SC)=NO1. The van der Waals surface area contributed by atoms with E-state index in [0.29, 0.717) is 13.0 Å². The van der Waals surface area contributed by atoms with Gasteiger partial charge >= 0.3 is 11.8 Å². The van der Waals surface area contributed by atoms with Crippen LogP contribution in [0, 0.1) is 0 Å². The minimum absolute atomic E-state index is 0.314. The van der Waals surface area contributed by atoms with E-state index in [4.69, 9.17) is 9.57 Å². The van der Waals surface area contributed by atoms with E-state index in [2.05, 4.69) is 9.89 Å². The molecule has 0 saturated carbocycles. The molecular weight excluding hydrogens is 206 g/mol. The minimum Gasteiger partial charge on any atom is -0.464 e. The van der Waals surface area contributed by atoms with Gasteiger partial charge in [-0.3, -0.25) is 0 Å². The molecule has 1 atom stereocenters. The number of esters is 1. The molecule has 0 radical (unpaired) electrons. The van der Waals surface area contributed by atoms with Crippen molar-refractivity contribution < 1.29 is 19.1 Å². The molecule has 80 valence electrons. The van der Waals surface area contributed by atoms with Crippen molar-refractivity contribution in [2.24, 2.45) is 5.16 Å². The van der Waals surface area contributed by atoms with Crippen LogP contribution in [0.15, 0.2) is 5.16 Å². The molecule has 14 heavy (non-hydrogen) atoms. The van der Waals surface area contributed by atoms with Crippen LogP contribution in [0.25, 0.3) is 0 Å². The second-order valence-electron chi connectivity index (χ2n) is 2.63. The topological polar surface area (TPSA) is 57.1 Å². The lowest BCUT2D eigenvalue weighted by molar-refractivity contribution is -0.235. The molecule has 1 rings (SSSR count). The normalized spacial score (nSPS) is 25.5. The van der Waals surface area contributed by atoms with Crippen molar-refractivity contribution >= 4 is 22.8 Å². The van der Waals surface area contributed by atoms with Crippen LogP contribution in [0.3, 0.4) is 0 Å². The van der Waals surface area contributed by atoms with E-state index < -0.39 is 11.8 Å². The van der Waals surface area contributed by atoms with Gasteiger partial charge in [0, 0.05) is 6.61 Å². The number of thioether (sulfide) groups is 1. The Balaban J connectivity index is 2.73. The quantitative estimate of drug-likeness (QED) is 0.662. The number of methoxy groups -OCH3 is 1. The van der Waals surface area contributed by atoms with E-state index in [-0.39, 0.29) is 0 Å². The highest BCUT2D eigenvalue weighted by atomic mass is 32.2. The molecule has 1 aliphatic rings. The Kier molecular flexibility index (Phi) is 3.77. The maximum Gasteiger partial charge on any atom is 0.382 e. The minimum atomic E-state index is -1.36. The van der Waals surface area contributed by atoms with Gasteiger partial charge in [-0.05, 0) is 13.2 Å². The van der Waals surface area contributed by atoms with Crippen molar-refractivity contribution in [2.45, 2.75) is 19.1 Å². The van der Waals surface area contributed by atoms with Gasteiger partial charge < -0.3 is 14.3 Å². The monoisotopic (exact) mass is 219 g/mol. The summed E-state index contributed by atoms with van der Waals surface area (Å²) in [5, 5.41) is 4.48. The van der Waals surface area contributed by atoms with Crippen molar-refractivity contribution in [1.29, 1.82) is 0 Å². The average molecular weight is 219 g/mol. The van der Waals surface area contributed by atoms with Gasteiger partial charge in [0.15, 0.2) is 0 Å². The van der Waals surface area contributed by atoms with E-state index in [9.17, 15) is 4.79 Å². The van der Waals surface area contributed by atoms with E-state index in [0.717, 1.165) is 5.04 Å². The lowest BCUT2D eigenvalue weighted by Crippen LogP contribution is -2.42. The van der Waals surface area contributed by atoms with Crippen molar-refractivity contribution in [3.63, 3.8) is 0 Å². The Morgan fingerprint density at radius 3 is 2.93 bits per heavy atom. The first kappa shape index (κ1) is 11.3. The molecule has 0 fully saturated rings. The molecule has 1 heterocycles. The van der Waals surface area contributed by atoms with Gasteiger partial charge in [0.05, 0.1) is 13.5 Å². The molecule has 0 N–H and O–H groups in total. The number of carbonyl (C=O) groups is 1. The summed E-state index contributed by atoms with van der Waals surface area (Å²) >= 11 is 1.43. The molecule has 0 amide bonds. The molecule has 0 aromatic carbocycles. The highest BCUT2D eigenvalue weighted by Crippen LogP contribution is 2.30. The summed E-state index contributed by atoms with van der Waals surface area (Å²) < 4.78 is 9.86. The predicted octanol–water partition coefficient (Wildman–Crippen LogP) is 0.989. The van der Waals surface area contributed by atoms with E-state index in [1.807, 2.05) is 6.26 Å². The molecule has 0 aromatic rings. The van der Waals surface area contributed by atoms with Crippen LogP contribution in [0.5, 0.6) is 0 Å². The zero-order valence-electron chi connectivity index (χ0n) is 8.40. The molecule has 0 bridgehead atoms. The highest BCUT2D eigenvalue weighted by molar-refractivity contribution is 8.13. The maximum atomic E-state index is 11.4. The summed E-state index contributed by atoms with van der Waals surface area (Å²) in [4.78, 5) is 16.4. The first-order valence-electron chi connectivity index (χ1n) is 4.20. The second kappa shape index (κ2) is 4.65. The lowest BCUT2D eigenvalue weighted by Gasteiger charge is -2.22. The summed E-state index contributed by atoms with van der Waals surface area (Å²) in [7, 11) is 1.30. The molecule has 0 saturated heterocycles. The smallest absolute Gasteiger partial charge is 0.382 e. The van der Waals surface area contributed by atoms with Crippen LogP contribution < -0.4 is 0 Å². The average Bonchev–Trinajstić information content (AvgIpc) is 2.62. The molecule has 5 nitrogen and oxygen atoms in total. The molecule has 0 aliphatic carbocycles. The standard InChI is InChI=1S/C8H13NO4S/c1-4-12-8(7(10)11-2)5-6(14-3)9-13-8/h4-5H2,1-3H3. The third-order valence-corrected chi connectivity index (χ3v) is 2.48. The number of rotatable bonds is 3. The fourth-order valence-corrected chi connectivity index (χ4v) is 1.58. The van der Waals surface area contributed by atoms with Gasteiger partial charge in [0.1, 0.15) is 5.04 Å². The summed E-state index contributed by atoms with van der Waals surface area (Å²) in [5.41, 5.74) is 0. The predicted molar refractivity (Wildman–Crippen MR) is 53.0 cm³/mol. The molecule has 0 aromatic heterocycles. The second-order valence-corrected chi connectivity index (χ2v) is 3.51. The summed E-state index contributed by atoms with van der Waals surface area (Å²) in [5.74, 6) is -1.91. The van der Waals surface area contributed by atoms with Crippen LogP contribution in [0.4, 0.5) is 0 Å². The highest BCUT2D eigenvalue weighted by Gasteiger charge is 2.49. The number of hydrogen-bond donors (Lipinski definition) is 0. The van der Waals surface area contributed by atoms with Gasteiger partial charge in [-0.2, -0.15) is 0 Å². The van der Waals surface area contributed by atoms with E-state index >= 15 is 0 Å². The third-order valence-electron chi connectivity index (χ3n) is 1.79. The molecule has 6 heteroatoms. The zero-order chi connectivity index (χ0) is 10.6. The van der Waals surface area contributed by atoms with Gasteiger partial charge in [0.25, 0.3) is 0 Å². The van der Waals surface area contributed by atoms with Crippen molar-refractivity contribution in [3.8, 4) is 0 Å². The Labute approximate surface area is 86.8 Å².